The molecule has 0 atom stereocenters. The molecule has 2 aromatic rings. The molecule has 0 aliphatic heterocycles. The van der Waals surface area contributed by atoms with E-state index in [1.165, 1.54) is 17.4 Å². The highest BCUT2D eigenvalue weighted by Gasteiger charge is 2.15. The number of carboxylic acid groups (broad SMARTS) is 1. The summed E-state index contributed by atoms with van der Waals surface area (Å²) in [6.45, 7) is 0.446. The van der Waals surface area contributed by atoms with Crippen molar-refractivity contribution in [2.75, 3.05) is 5.32 Å². The van der Waals surface area contributed by atoms with Gasteiger partial charge in [0.25, 0.3) is 0 Å². The van der Waals surface area contributed by atoms with Gasteiger partial charge in [0, 0.05) is 9.35 Å². The van der Waals surface area contributed by atoms with E-state index in [4.69, 9.17) is 5.11 Å². The zero-order chi connectivity index (χ0) is 13.1. The van der Waals surface area contributed by atoms with Gasteiger partial charge in [0.1, 0.15) is 11.4 Å². The topological polar surface area (TPSA) is 49.3 Å². The predicted octanol–water partition coefficient (Wildman–Crippen LogP) is 3.96. The van der Waals surface area contributed by atoms with Gasteiger partial charge in [0.05, 0.1) is 12.2 Å². The van der Waals surface area contributed by atoms with Gasteiger partial charge in [-0.05, 0) is 39.5 Å². The molecule has 0 unspecified atom stereocenters. The van der Waals surface area contributed by atoms with Gasteiger partial charge in [-0.1, -0.05) is 6.07 Å². The molecular weight excluding hydrogens is 321 g/mol. The fourth-order valence-electron chi connectivity index (χ4n) is 1.52. The summed E-state index contributed by atoms with van der Waals surface area (Å²) in [4.78, 5) is 12.0. The smallest absolute Gasteiger partial charge is 0.340 e. The average Bonchev–Trinajstić information content (AvgIpc) is 2.71. The van der Waals surface area contributed by atoms with Crippen LogP contribution < -0.4 is 5.32 Å². The van der Waals surface area contributed by atoms with E-state index in [-0.39, 0.29) is 11.3 Å². The molecule has 0 fully saturated rings. The average molecular weight is 330 g/mol. The molecule has 0 aliphatic carbocycles. The molecule has 0 amide bonds. The molecule has 3 nitrogen and oxygen atoms in total. The summed E-state index contributed by atoms with van der Waals surface area (Å²) in [7, 11) is 0. The first-order valence-electron chi connectivity index (χ1n) is 5.07. The van der Waals surface area contributed by atoms with Crippen LogP contribution in [0.2, 0.25) is 0 Å². The van der Waals surface area contributed by atoms with Gasteiger partial charge >= 0.3 is 5.97 Å². The van der Waals surface area contributed by atoms with E-state index < -0.39 is 11.8 Å². The van der Waals surface area contributed by atoms with Crippen molar-refractivity contribution in [3.8, 4) is 0 Å². The Morgan fingerprint density at radius 3 is 2.83 bits per heavy atom. The number of carbonyl (C=O) groups is 1. The Morgan fingerprint density at radius 1 is 1.44 bits per heavy atom. The van der Waals surface area contributed by atoms with E-state index in [2.05, 4.69) is 21.2 Å². The largest absolute Gasteiger partial charge is 0.478 e. The van der Waals surface area contributed by atoms with Crippen LogP contribution in [0.1, 0.15) is 15.2 Å². The van der Waals surface area contributed by atoms with E-state index >= 15 is 0 Å². The van der Waals surface area contributed by atoms with Crippen LogP contribution in [0.25, 0.3) is 0 Å². The molecule has 1 heterocycles. The van der Waals surface area contributed by atoms with E-state index in [0.29, 0.717) is 6.54 Å². The van der Waals surface area contributed by atoms with Gasteiger partial charge in [0.15, 0.2) is 0 Å². The number of nitrogens with one attached hydrogen (secondary N) is 1. The van der Waals surface area contributed by atoms with Crippen LogP contribution in [0.4, 0.5) is 10.1 Å². The van der Waals surface area contributed by atoms with Gasteiger partial charge in [-0.3, -0.25) is 0 Å². The summed E-state index contributed by atoms with van der Waals surface area (Å²) >= 11 is 4.92. The fraction of sp³-hybridized carbons (Fsp3) is 0.0833. The minimum Gasteiger partial charge on any atom is -0.478 e. The third kappa shape index (κ3) is 2.70. The monoisotopic (exact) mass is 329 g/mol. The van der Waals surface area contributed by atoms with Crippen molar-refractivity contribution in [3.63, 3.8) is 0 Å². The first-order valence-corrected chi connectivity index (χ1v) is 6.74. The molecule has 0 radical (unpaired) electrons. The van der Waals surface area contributed by atoms with Crippen LogP contribution in [0, 0.1) is 5.82 Å². The predicted molar refractivity (Wildman–Crippen MR) is 72.7 cm³/mol. The van der Waals surface area contributed by atoms with Gasteiger partial charge in [-0.2, -0.15) is 0 Å². The van der Waals surface area contributed by atoms with E-state index in [1.807, 2.05) is 11.4 Å². The summed E-state index contributed by atoms with van der Waals surface area (Å²) in [5.41, 5.74) is -0.0482. The van der Waals surface area contributed by atoms with Gasteiger partial charge in [-0.25, -0.2) is 9.18 Å². The number of anilines is 1. The summed E-state index contributed by atoms with van der Waals surface area (Å²) in [6, 6.07) is 6.07. The number of aromatic carboxylic acids is 1. The Hall–Kier alpha value is -1.40. The molecule has 0 bridgehead atoms. The van der Waals surface area contributed by atoms with Gasteiger partial charge in [-0.15, -0.1) is 11.3 Å². The Labute approximate surface area is 115 Å². The minimum absolute atomic E-state index is 0.280. The maximum absolute atomic E-state index is 13.4. The lowest BCUT2D eigenvalue weighted by molar-refractivity contribution is 0.0693. The van der Waals surface area contributed by atoms with Gasteiger partial charge < -0.3 is 10.4 Å². The molecule has 6 heteroatoms. The van der Waals surface area contributed by atoms with E-state index in [1.54, 1.807) is 6.07 Å². The number of carboxylic acids is 1. The van der Waals surface area contributed by atoms with Crippen molar-refractivity contribution in [2.45, 2.75) is 6.54 Å². The van der Waals surface area contributed by atoms with Crippen LogP contribution in [-0.2, 0) is 6.54 Å². The van der Waals surface area contributed by atoms with Crippen LogP contribution in [0.5, 0.6) is 0 Å². The summed E-state index contributed by atoms with van der Waals surface area (Å²) in [5.74, 6) is -2.02. The highest BCUT2D eigenvalue weighted by Crippen LogP contribution is 2.25. The van der Waals surface area contributed by atoms with Crippen molar-refractivity contribution < 1.29 is 14.3 Å². The van der Waals surface area contributed by atoms with Crippen molar-refractivity contribution in [2.24, 2.45) is 0 Å². The number of rotatable bonds is 4. The van der Waals surface area contributed by atoms with Gasteiger partial charge in [0.2, 0.25) is 0 Å². The lowest BCUT2D eigenvalue weighted by atomic mass is 10.1. The van der Waals surface area contributed by atoms with Crippen molar-refractivity contribution >= 4 is 38.9 Å². The summed E-state index contributed by atoms with van der Waals surface area (Å²) in [6.07, 6.45) is 0. The normalized spacial score (nSPS) is 10.3. The summed E-state index contributed by atoms with van der Waals surface area (Å²) < 4.78 is 14.4. The molecular formula is C12H9BrFNO2S. The molecule has 0 saturated heterocycles. The quantitative estimate of drug-likeness (QED) is 0.892. The first kappa shape index (κ1) is 13.0. The van der Waals surface area contributed by atoms with Crippen molar-refractivity contribution in [1.82, 2.24) is 0 Å². The Morgan fingerprint density at radius 2 is 2.22 bits per heavy atom. The van der Waals surface area contributed by atoms with E-state index in [9.17, 15) is 9.18 Å². The Balaban J connectivity index is 2.22. The highest BCUT2D eigenvalue weighted by atomic mass is 79.9. The van der Waals surface area contributed by atoms with Crippen LogP contribution >= 0.6 is 27.3 Å². The Kier molecular flexibility index (Phi) is 3.98. The summed E-state index contributed by atoms with van der Waals surface area (Å²) in [5, 5.41) is 13.8. The number of halogens is 2. The number of thiophene rings is 1. The molecule has 94 valence electrons. The van der Waals surface area contributed by atoms with Crippen molar-refractivity contribution in [3.05, 3.63) is 50.4 Å². The standard InChI is InChI=1S/C12H9BrFNO2S/c13-7-4-5-18-10(7)6-15-9-3-1-2-8(14)11(9)12(16)17/h1-5,15H,6H2,(H,16,17). The zero-order valence-corrected chi connectivity index (χ0v) is 11.5. The Bertz CT molecular complexity index is 585. The molecule has 18 heavy (non-hydrogen) atoms. The molecule has 0 saturated carbocycles. The number of benzene rings is 1. The SMILES string of the molecule is O=C(O)c1c(F)cccc1NCc1sccc1Br. The fourth-order valence-corrected chi connectivity index (χ4v) is 2.95. The third-order valence-corrected chi connectivity index (χ3v) is 4.28. The van der Waals surface area contributed by atoms with Crippen LogP contribution in [-0.4, -0.2) is 11.1 Å². The second-order valence-corrected chi connectivity index (χ2v) is 5.37. The lowest BCUT2D eigenvalue weighted by Gasteiger charge is -2.09. The lowest BCUT2D eigenvalue weighted by Crippen LogP contribution is -2.08. The first-order chi connectivity index (χ1) is 8.59. The van der Waals surface area contributed by atoms with E-state index in [0.717, 1.165) is 15.4 Å². The maximum atomic E-state index is 13.4. The molecule has 1 aromatic heterocycles. The minimum atomic E-state index is -1.28. The molecule has 0 spiro atoms. The third-order valence-electron chi connectivity index (χ3n) is 2.36. The zero-order valence-electron chi connectivity index (χ0n) is 9.11. The maximum Gasteiger partial charge on any atom is 0.340 e. The number of hydrogen-bond donors (Lipinski definition) is 2. The molecule has 1 aromatic carbocycles. The number of hydrogen-bond acceptors (Lipinski definition) is 3. The van der Waals surface area contributed by atoms with Crippen LogP contribution in [0.15, 0.2) is 34.1 Å². The second-order valence-electron chi connectivity index (χ2n) is 3.51. The molecule has 2 N–H and O–H groups in total. The molecule has 0 aliphatic rings. The molecule has 2 rings (SSSR count). The second kappa shape index (κ2) is 5.49. The van der Waals surface area contributed by atoms with Crippen molar-refractivity contribution in [1.29, 1.82) is 0 Å². The van der Waals surface area contributed by atoms with Crippen LogP contribution in [0.3, 0.4) is 0 Å². The highest BCUT2D eigenvalue weighted by molar-refractivity contribution is 9.10.